The standard InChI is InChI=1S/C14H19BrN4/c1-10-7-11(15)5-6-13(10)19-9-12(17-18-19)8-16-14(2,3)4/h5-7,9,16H,8H2,1-4H3. The minimum atomic E-state index is 0.0807. The van der Waals surface area contributed by atoms with Crippen LogP contribution in [0.2, 0.25) is 0 Å². The zero-order valence-electron chi connectivity index (χ0n) is 11.7. The van der Waals surface area contributed by atoms with Crippen molar-refractivity contribution in [1.29, 1.82) is 0 Å². The minimum absolute atomic E-state index is 0.0807. The van der Waals surface area contributed by atoms with E-state index in [1.54, 1.807) is 0 Å². The van der Waals surface area contributed by atoms with Crippen molar-refractivity contribution in [3.05, 3.63) is 40.1 Å². The third-order valence-electron chi connectivity index (χ3n) is 2.75. The molecule has 0 unspecified atom stereocenters. The molecule has 2 rings (SSSR count). The second kappa shape index (κ2) is 5.43. The van der Waals surface area contributed by atoms with Gasteiger partial charge in [0.1, 0.15) is 0 Å². The largest absolute Gasteiger partial charge is 0.306 e. The molecule has 4 nitrogen and oxygen atoms in total. The summed E-state index contributed by atoms with van der Waals surface area (Å²) in [5.41, 5.74) is 3.24. The van der Waals surface area contributed by atoms with Crippen molar-refractivity contribution >= 4 is 15.9 Å². The maximum absolute atomic E-state index is 4.20. The summed E-state index contributed by atoms with van der Waals surface area (Å²) in [4.78, 5) is 0. The number of benzene rings is 1. The minimum Gasteiger partial charge on any atom is -0.306 e. The van der Waals surface area contributed by atoms with E-state index in [2.05, 4.69) is 65.3 Å². The van der Waals surface area contributed by atoms with Crippen molar-refractivity contribution in [2.24, 2.45) is 0 Å². The van der Waals surface area contributed by atoms with Gasteiger partial charge in [-0.3, -0.25) is 0 Å². The maximum atomic E-state index is 4.20. The summed E-state index contributed by atoms with van der Waals surface area (Å²) < 4.78 is 2.89. The Morgan fingerprint density at radius 3 is 2.68 bits per heavy atom. The van der Waals surface area contributed by atoms with E-state index in [4.69, 9.17) is 0 Å². The van der Waals surface area contributed by atoms with Crippen LogP contribution < -0.4 is 5.32 Å². The molecule has 2 aromatic rings. The Kier molecular flexibility index (Phi) is 4.06. The van der Waals surface area contributed by atoms with E-state index in [-0.39, 0.29) is 5.54 Å². The highest BCUT2D eigenvalue weighted by atomic mass is 79.9. The molecule has 1 aromatic carbocycles. The fourth-order valence-corrected chi connectivity index (χ4v) is 2.20. The molecule has 1 heterocycles. The van der Waals surface area contributed by atoms with Crippen molar-refractivity contribution in [1.82, 2.24) is 20.3 Å². The van der Waals surface area contributed by atoms with Gasteiger partial charge < -0.3 is 5.32 Å². The zero-order valence-corrected chi connectivity index (χ0v) is 13.3. The van der Waals surface area contributed by atoms with E-state index < -0.39 is 0 Å². The van der Waals surface area contributed by atoms with Gasteiger partial charge in [-0.2, -0.15) is 0 Å². The van der Waals surface area contributed by atoms with E-state index >= 15 is 0 Å². The Morgan fingerprint density at radius 2 is 2.05 bits per heavy atom. The van der Waals surface area contributed by atoms with Crippen LogP contribution in [0.5, 0.6) is 0 Å². The molecule has 5 heteroatoms. The van der Waals surface area contributed by atoms with Crippen LogP contribution in [0.1, 0.15) is 32.0 Å². The molecule has 0 amide bonds. The van der Waals surface area contributed by atoms with Crippen LogP contribution in [0.25, 0.3) is 5.69 Å². The van der Waals surface area contributed by atoms with Crippen LogP contribution >= 0.6 is 15.9 Å². The Balaban J connectivity index is 2.16. The summed E-state index contributed by atoms with van der Waals surface area (Å²) in [5.74, 6) is 0. The topological polar surface area (TPSA) is 42.7 Å². The van der Waals surface area contributed by atoms with Crippen LogP contribution in [0.3, 0.4) is 0 Å². The van der Waals surface area contributed by atoms with Gasteiger partial charge in [0.25, 0.3) is 0 Å². The molecular weight excluding hydrogens is 304 g/mol. The lowest BCUT2D eigenvalue weighted by atomic mass is 10.1. The lowest BCUT2D eigenvalue weighted by Gasteiger charge is -2.19. The Labute approximate surface area is 122 Å². The summed E-state index contributed by atoms with van der Waals surface area (Å²) in [6.07, 6.45) is 1.97. The lowest BCUT2D eigenvalue weighted by Crippen LogP contribution is -2.35. The molecule has 0 atom stereocenters. The molecule has 1 N–H and O–H groups in total. The number of rotatable bonds is 3. The average Bonchev–Trinajstić information content (AvgIpc) is 2.74. The molecule has 0 saturated heterocycles. The van der Waals surface area contributed by atoms with E-state index in [1.807, 2.05) is 23.0 Å². The highest BCUT2D eigenvalue weighted by Crippen LogP contribution is 2.18. The molecule has 102 valence electrons. The maximum Gasteiger partial charge on any atom is 0.0969 e. The quantitative estimate of drug-likeness (QED) is 0.943. The number of nitrogens with zero attached hydrogens (tertiary/aromatic N) is 3. The second-order valence-electron chi connectivity index (χ2n) is 5.69. The molecule has 0 saturated carbocycles. The monoisotopic (exact) mass is 322 g/mol. The molecule has 0 aliphatic rings. The van der Waals surface area contributed by atoms with E-state index in [1.165, 1.54) is 0 Å². The SMILES string of the molecule is Cc1cc(Br)ccc1-n1cc(CNC(C)(C)C)nn1. The summed E-state index contributed by atoms with van der Waals surface area (Å²) >= 11 is 3.47. The van der Waals surface area contributed by atoms with Crippen LogP contribution in [-0.4, -0.2) is 20.5 Å². The van der Waals surface area contributed by atoms with Crippen molar-refractivity contribution in [3.8, 4) is 5.69 Å². The summed E-state index contributed by atoms with van der Waals surface area (Å²) in [5, 5.41) is 11.8. The van der Waals surface area contributed by atoms with Gasteiger partial charge in [0.05, 0.1) is 17.6 Å². The molecule has 0 aliphatic heterocycles. The molecule has 0 spiro atoms. The van der Waals surface area contributed by atoms with E-state index in [9.17, 15) is 0 Å². The number of hydrogen-bond donors (Lipinski definition) is 1. The second-order valence-corrected chi connectivity index (χ2v) is 6.60. The summed E-state index contributed by atoms with van der Waals surface area (Å²) in [7, 11) is 0. The van der Waals surface area contributed by atoms with Crippen molar-refractivity contribution in [2.75, 3.05) is 0 Å². The number of hydrogen-bond acceptors (Lipinski definition) is 3. The lowest BCUT2D eigenvalue weighted by molar-refractivity contribution is 0.421. The Morgan fingerprint density at radius 1 is 1.32 bits per heavy atom. The van der Waals surface area contributed by atoms with Crippen LogP contribution in [0.4, 0.5) is 0 Å². The number of aryl methyl sites for hydroxylation is 1. The van der Waals surface area contributed by atoms with Crippen LogP contribution in [-0.2, 0) is 6.54 Å². The normalized spacial score (nSPS) is 11.8. The van der Waals surface area contributed by atoms with E-state index in [0.29, 0.717) is 0 Å². The average molecular weight is 323 g/mol. The Bertz CT molecular complexity index is 569. The van der Waals surface area contributed by atoms with Crippen LogP contribution in [0.15, 0.2) is 28.9 Å². The molecule has 19 heavy (non-hydrogen) atoms. The highest BCUT2D eigenvalue weighted by molar-refractivity contribution is 9.10. The first-order chi connectivity index (χ1) is 8.85. The van der Waals surface area contributed by atoms with Gasteiger partial charge in [0.15, 0.2) is 0 Å². The first-order valence-corrected chi connectivity index (χ1v) is 7.07. The van der Waals surface area contributed by atoms with Crippen molar-refractivity contribution < 1.29 is 0 Å². The zero-order chi connectivity index (χ0) is 14.0. The number of nitrogens with one attached hydrogen (secondary N) is 1. The van der Waals surface area contributed by atoms with Gasteiger partial charge in [-0.25, -0.2) is 4.68 Å². The number of aromatic nitrogens is 3. The van der Waals surface area contributed by atoms with Crippen LogP contribution in [0, 0.1) is 6.92 Å². The van der Waals surface area contributed by atoms with E-state index in [0.717, 1.165) is 28.0 Å². The molecule has 0 aliphatic carbocycles. The molecule has 0 radical (unpaired) electrons. The van der Waals surface area contributed by atoms with Gasteiger partial charge in [-0.05, 0) is 51.5 Å². The smallest absolute Gasteiger partial charge is 0.0969 e. The third kappa shape index (κ3) is 3.88. The first-order valence-electron chi connectivity index (χ1n) is 6.28. The predicted octanol–water partition coefficient (Wildman–Crippen LogP) is 3.23. The van der Waals surface area contributed by atoms with Crippen molar-refractivity contribution in [3.63, 3.8) is 0 Å². The third-order valence-corrected chi connectivity index (χ3v) is 3.24. The van der Waals surface area contributed by atoms with Gasteiger partial charge in [0, 0.05) is 16.6 Å². The molecular formula is C14H19BrN4. The van der Waals surface area contributed by atoms with Gasteiger partial charge in [0.2, 0.25) is 0 Å². The molecule has 0 bridgehead atoms. The summed E-state index contributed by atoms with van der Waals surface area (Å²) in [6, 6.07) is 6.12. The fourth-order valence-electron chi connectivity index (χ4n) is 1.73. The molecule has 0 fully saturated rings. The molecule has 1 aromatic heterocycles. The van der Waals surface area contributed by atoms with Gasteiger partial charge in [-0.1, -0.05) is 21.1 Å². The highest BCUT2D eigenvalue weighted by Gasteiger charge is 2.11. The summed E-state index contributed by atoms with van der Waals surface area (Å²) in [6.45, 7) is 9.19. The van der Waals surface area contributed by atoms with Gasteiger partial charge >= 0.3 is 0 Å². The first kappa shape index (κ1) is 14.2. The van der Waals surface area contributed by atoms with Gasteiger partial charge in [-0.15, -0.1) is 5.10 Å². The Hall–Kier alpha value is -1.20. The predicted molar refractivity (Wildman–Crippen MR) is 80.4 cm³/mol. The number of halogens is 1. The fraction of sp³-hybridized carbons (Fsp3) is 0.429. The van der Waals surface area contributed by atoms with Crippen molar-refractivity contribution in [2.45, 2.75) is 39.8 Å².